The van der Waals surface area contributed by atoms with Crippen LogP contribution >= 0.6 is 11.6 Å². The van der Waals surface area contributed by atoms with E-state index in [1.54, 1.807) is 6.07 Å². The molecule has 0 aliphatic heterocycles. The number of alkyl halides is 1. The molecule has 0 amide bonds. The minimum atomic E-state index is -0.160. The topological polar surface area (TPSA) is 47.6 Å². The van der Waals surface area contributed by atoms with Crippen molar-refractivity contribution in [2.75, 3.05) is 0 Å². The van der Waals surface area contributed by atoms with Crippen LogP contribution in [0.4, 0.5) is 0 Å². The first-order valence-corrected chi connectivity index (χ1v) is 8.37. The molecule has 0 spiro atoms. The van der Waals surface area contributed by atoms with Gasteiger partial charge in [0.15, 0.2) is 0 Å². The van der Waals surface area contributed by atoms with Crippen LogP contribution in [0.1, 0.15) is 28.2 Å². The van der Waals surface area contributed by atoms with Gasteiger partial charge in [0.05, 0.1) is 23.6 Å². The molecule has 0 aromatic heterocycles. The fourth-order valence-corrected chi connectivity index (χ4v) is 2.61. The maximum absolute atomic E-state index is 9.18. The molecule has 0 aliphatic rings. The highest BCUT2D eigenvalue weighted by Gasteiger charge is 2.11. The minimum Gasteiger partial charge on any atom is -0.197 e. The SMILES string of the molecule is N#CC(c1ccccc1)c1ccccc1.N#Cc1ccccc1CCl. The second-order valence-corrected chi connectivity index (χ2v) is 5.55. The van der Waals surface area contributed by atoms with Gasteiger partial charge >= 0.3 is 0 Å². The predicted molar refractivity (Wildman–Crippen MR) is 101 cm³/mol. The highest BCUT2D eigenvalue weighted by molar-refractivity contribution is 6.17. The minimum absolute atomic E-state index is 0.160. The summed E-state index contributed by atoms with van der Waals surface area (Å²) in [7, 11) is 0. The summed E-state index contributed by atoms with van der Waals surface area (Å²) in [6.45, 7) is 0. The first kappa shape index (κ1) is 18.3. The van der Waals surface area contributed by atoms with Crippen molar-refractivity contribution in [1.82, 2.24) is 0 Å². The van der Waals surface area contributed by atoms with Crippen molar-refractivity contribution in [2.45, 2.75) is 11.8 Å². The first-order chi connectivity index (χ1) is 12.3. The number of nitriles is 2. The van der Waals surface area contributed by atoms with Crippen LogP contribution < -0.4 is 0 Å². The molecule has 3 rings (SSSR count). The zero-order chi connectivity index (χ0) is 17.9. The summed E-state index contributed by atoms with van der Waals surface area (Å²) in [4.78, 5) is 0. The number of halogens is 1. The number of benzene rings is 3. The number of rotatable bonds is 3. The molecule has 0 atom stereocenters. The van der Waals surface area contributed by atoms with Gasteiger partial charge in [-0.3, -0.25) is 0 Å². The van der Waals surface area contributed by atoms with Gasteiger partial charge in [0, 0.05) is 5.88 Å². The molecule has 0 radical (unpaired) electrons. The van der Waals surface area contributed by atoms with Gasteiger partial charge in [-0.1, -0.05) is 78.9 Å². The molecular formula is C22H17ClN2. The van der Waals surface area contributed by atoms with Crippen molar-refractivity contribution in [1.29, 1.82) is 10.5 Å². The van der Waals surface area contributed by atoms with Crippen LogP contribution in [0, 0.1) is 22.7 Å². The van der Waals surface area contributed by atoms with E-state index in [0.29, 0.717) is 11.4 Å². The largest absolute Gasteiger partial charge is 0.197 e. The van der Waals surface area contributed by atoms with E-state index in [2.05, 4.69) is 12.1 Å². The van der Waals surface area contributed by atoms with Gasteiger partial charge in [-0.2, -0.15) is 10.5 Å². The molecule has 0 saturated carbocycles. The molecule has 0 unspecified atom stereocenters. The number of nitrogens with zero attached hydrogens (tertiary/aromatic N) is 2. The van der Waals surface area contributed by atoms with E-state index in [1.807, 2.05) is 78.9 Å². The van der Waals surface area contributed by atoms with Gasteiger partial charge in [-0.15, -0.1) is 11.6 Å². The third-order valence-electron chi connectivity index (χ3n) is 3.68. The Morgan fingerprint density at radius 3 is 1.60 bits per heavy atom. The molecule has 2 nitrogen and oxygen atoms in total. The van der Waals surface area contributed by atoms with Crippen LogP contribution in [0.2, 0.25) is 0 Å². The smallest absolute Gasteiger partial charge is 0.0994 e. The summed E-state index contributed by atoms with van der Waals surface area (Å²) >= 11 is 5.56. The van der Waals surface area contributed by atoms with Gasteiger partial charge in [-0.05, 0) is 22.8 Å². The maximum atomic E-state index is 9.18. The molecule has 25 heavy (non-hydrogen) atoms. The lowest BCUT2D eigenvalue weighted by Crippen LogP contribution is -1.96. The fraction of sp³-hybridized carbons (Fsp3) is 0.0909. The van der Waals surface area contributed by atoms with E-state index in [1.165, 1.54) is 0 Å². The fourth-order valence-electron chi connectivity index (χ4n) is 2.38. The summed E-state index contributed by atoms with van der Waals surface area (Å²) in [6.07, 6.45) is 0. The third-order valence-corrected chi connectivity index (χ3v) is 3.96. The maximum Gasteiger partial charge on any atom is 0.0994 e. The Labute approximate surface area is 153 Å². The Morgan fingerprint density at radius 1 is 0.720 bits per heavy atom. The second kappa shape index (κ2) is 9.93. The van der Waals surface area contributed by atoms with Crippen LogP contribution in [-0.4, -0.2) is 0 Å². The lowest BCUT2D eigenvalue weighted by Gasteiger charge is -2.08. The molecular weight excluding hydrogens is 328 g/mol. The molecule has 3 aromatic rings. The molecule has 0 fully saturated rings. The Bertz CT molecular complexity index is 822. The van der Waals surface area contributed by atoms with Gasteiger partial charge < -0.3 is 0 Å². The van der Waals surface area contributed by atoms with Gasteiger partial charge in [0.2, 0.25) is 0 Å². The Balaban J connectivity index is 0.000000196. The summed E-state index contributed by atoms with van der Waals surface area (Å²) < 4.78 is 0. The Kier molecular flexibility index (Phi) is 7.26. The average Bonchev–Trinajstić information content (AvgIpc) is 2.70. The molecule has 122 valence electrons. The molecule has 0 saturated heterocycles. The Hall–Kier alpha value is -3.07. The normalized spacial score (nSPS) is 9.44. The summed E-state index contributed by atoms with van der Waals surface area (Å²) in [5, 5.41) is 17.7. The molecule has 0 heterocycles. The predicted octanol–water partition coefficient (Wildman–Crippen LogP) is 5.64. The summed E-state index contributed by atoms with van der Waals surface area (Å²) in [5.74, 6) is 0.247. The third kappa shape index (κ3) is 5.21. The second-order valence-electron chi connectivity index (χ2n) is 5.29. The summed E-state index contributed by atoms with van der Waals surface area (Å²) in [5.41, 5.74) is 3.65. The lowest BCUT2D eigenvalue weighted by atomic mass is 9.93. The van der Waals surface area contributed by atoms with Crippen LogP contribution in [0.3, 0.4) is 0 Å². The van der Waals surface area contributed by atoms with E-state index in [4.69, 9.17) is 16.9 Å². The van der Waals surface area contributed by atoms with Crippen molar-refractivity contribution in [3.63, 3.8) is 0 Å². The first-order valence-electron chi connectivity index (χ1n) is 7.83. The highest BCUT2D eigenvalue weighted by atomic mass is 35.5. The van der Waals surface area contributed by atoms with Gasteiger partial charge in [-0.25, -0.2) is 0 Å². The molecule has 3 heteroatoms. The van der Waals surface area contributed by atoms with Crippen molar-refractivity contribution in [3.8, 4) is 12.1 Å². The molecule has 3 aromatic carbocycles. The number of hydrogen-bond donors (Lipinski definition) is 0. The van der Waals surface area contributed by atoms with E-state index in [0.717, 1.165) is 16.7 Å². The zero-order valence-corrected chi connectivity index (χ0v) is 14.4. The van der Waals surface area contributed by atoms with E-state index >= 15 is 0 Å². The summed E-state index contributed by atoms with van der Waals surface area (Å²) in [6, 6.07) is 31.4. The number of hydrogen-bond acceptors (Lipinski definition) is 2. The standard InChI is InChI=1S/C14H11N.C8H6ClN/c15-11-14(12-7-3-1-4-8-12)13-9-5-2-6-10-13;9-5-7-3-1-2-4-8(7)6-10/h1-10,14H;1-4H,5H2. The van der Waals surface area contributed by atoms with Crippen LogP contribution in [0.5, 0.6) is 0 Å². The van der Waals surface area contributed by atoms with Gasteiger partial charge in [0.1, 0.15) is 0 Å². The molecule has 0 N–H and O–H groups in total. The monoisotopic (exact) mass is 344 g/mol. The van der Waals surface area contributed by atoms with Crippen molar-refractivity contribution in [2.24, 2.45) is 0 Å². The zero-order valence-electron chi connectivity index (χ0n) is 13.6. The van der Waals surface area contributed by atoms with Crippen LogP contribution in [0.25, 0.3) is 0 Å². The van der Waals surface area contributed by atoms with Crippen LogP contribution in [-0.2, 0) is 5.88 Å². The highest BCUT2D eigenvalue weighted by Crippen LogP contribution is 2.23. The van der Waals surface area contributed by atoms with E-state index < -0.39 is 0 Å². The van der Waals surface area contributed by atoms with E-state index in [-0.39, 0.29) is 5.92 Å². The van der Waals surface area contributed by atoms with Crippen molar-refractivity contribution in [3.05, 3.63) is 107 Å². The van der Waals surface area contributed by atoms with Gasteiger partial charge in [0.25, 0.3) is 0 Å². The Morgan fingerprint density at radius 2 is 1.20 bits per heavy atom. The molecule has 0 aliphatic carbocycles. The molecule has 0 bridgehead atoms. The van der Waals surface area contributed by atoms with E-state index in [9.17, 15) is 5.26 Å². The lowest BCUT2D eigenvalue weighted by molar-refractivity contribution is 1.04. The van der Waals surface area contributed by atoms with Crippen molar-refractivity contribution >= 4 is 11.6 Å². The quantitative estimate of drug-likeness (QED) is 0.577. The average molecular weight is 345 g/mol. The van der Waals surface area contributed by atoms with Crippen molar-refractivity contribution < 1.29 is 0 Å². The van der Waals surface area contributed by atoms with Crippen LogP contribution in [0.15, 0.2) is 84.9 Å².